The van der Waals surface area contributed by atoms with Crippen LogP contribution in [-0.2, 0) is 10.0 Å². The van der Waals surface area contributed by atoms with Crippen molar-refractivity contribution in [1.29, 1.82) is 0 Å². The van der Waals surface area contributed by atoms with E-state index in [1.165, 1.54) is 30.3 Å². The van der Waals surface area contributed by atoms with Gasteiger partial charge in [0.15, 0.2) is 0 Å². The van der Waals surface area contributed by atoms with Crippen molar-refractivity contribution in [3.05, 3.63) is 62.5 Å². The average molecular weight is 409 g/mol. The first-order valence-corrected chi connectivity index (χ1v) is 8.61. The van der Waals surface area contributed by atoms with Gasteiger partial charge in [0, 0.05) is 9.50 Å². The molecule has 0 bridgehead atoms. The lowest BCUT2D eigenvalue weighted by molar-refractivity contribution is 0.0981. The highest BCUT2D eigenvalue weighted by Crippen LogP contribution is 2.26. The average Bonchev–Trinajstić information content (AvgIpc) is 2.41. The molecular weight excluding hydrogens is 401 g/mol. The fourth-order valence-electron chi connectivity index (χ4n) is 1.53. The molecule has 0 unspecified atom stereocenters. The Bertz CT molecular complexity index is 792. The minimum absolute atomic E-state index is 0.0589. The fraction of sp³-hybridized carbons (Fsp3) is 0. The minimum atomic E-state index is -3.99. The van der Waals surface area contributed by atoms with E-state index in [0.717, 1.165) is 0 Å². The summed E-state index contributed by atoms with van der Waals surface area (Å²) in [5.74, 6) is -0.809. The maximum absolute atomic E-state index is 12.1. The zero-order valence-corrected chi connectivity index (χ0v) is 14.2. The third-order valence-corrected chi connectivity index (χ3v) is 5.44. The molecule has 21 heavy (non-hydrogen) atoms. The number of carbonyl (C=O) groups is 1. The summed E-state index contributed by atoms with van der Waals surface area (Å²) in [6.45, 7) is 0. The summed E-state index contributed by atoms with van der Waals surface area (Å²) in [6.07, 6.45) is 0. The largest absolute Gasteiger partial charge is 0.268 e. The fourth-order valence-corrected chi connectivity index (χ4v) is 3.20. The lowest BCUT2D eigenvalue weighted by Gasteiger charge is -2.09. The van der Waals surface area contributed by atoms with Crippen LogP contribution >= 0.6 is 39.1 Å². The van der Waals surface area contributed by atoms with Gasteiger partial charge in [-0.25, -0.2) is 13.1 Å². The minimum Gasteiger partial charge on any atom is -0.268 e. The molecule has 0 aliphatic carbocycles. The Hall–Kier alpha value is -1.08. The SMILES string of the molecule is O=C(NS(=O)(=O)c1ccc(Cl)cc1)c1cccc(Br)c1Cl. The third kappa shape index (κ3) is 3.77. The van der Waals surface area contributed by atoms with Crippen LogP contribution in [0.2, 0.25) is 10.0 Å². The molecule has 0 aliphatic heterocycles. The summed E-state index contributed by atoms with van der Waals surface area (Å²) >= 11 is 14.8. The molecule has 0 radical (unpaired) electrons. The van der Waals surface area contributed by atoms with E-state index < -0.39 is 15.9 Å². The van der Waals surface area contributed by atoms with E-state index in [1.807, 2.05) is 4.72 Å². The van der Waals surface area contributed by atoms with Gasteiger partial charge in [0.2, 0.25) is 0 Å². The van der Waals surface area contributed by atoms with Crippen LogP contribution in [0, 0.1) is 0 Å². The summed E-state index contributed by atoms with van der Waals surface area (Å²) in [4.78, 5) is 12.0. The van der Waals surface area contributed by atoms with Crippen molar-refractivity contribution in [2.75, 3.05) is 0 Å². The number of nitrogens with one attached hydrogen (secondary N) is 1. The molecule has 0 aromatic heterocycles. The first kappa shape index (κ1) is 16.3. The van der Waals surface area contributed by atoms with Gasteiger partial charge in [-0.05, 0) is 52.3 Å². The monoisotopic (exact) mass is 407 g/mol. The molecule has 4 nitrogen and oxygen atoms in total. The number of carbonyl (C=O) groups excluding carboxylic acids is 1. The number of benzene rings is 2. The number of amides is 1. The zero-order chi connectivity index (χ0) is 15.6. The number of halogens is 3. The Labute approximate surface area is 140 Å². The third-order valence-electron chi connectivity index (χ3n) is 2.55. The van der Waals surface area contributed by atoms with Crippen molar-refractivity contribution in [1.82, 2.24) is 4.72 Å². The molecular formula is C13H8BrCl2NO3S. The second-order valence-electron chi connectivity index (χ2n) is 3.99. The highest BCUT2D eigenvalue weighted by molar-refractivity contribution is 9.10. The van der Waals surface area contributed by atoms with Gasteiger partial charge < -0.3 is 0 Å². The Morgan fingerprint density at radius 1 is 1.05 bits per heavy atom. The first-order valence-electron chi connectivity index (χ1n) is 5.58. The molecule has 0 heterocycles. The van der Waals surface area contributed by atoms with E-state index in [4.69, 9.17) is 23.2 Å². The molecule has 2 aromatic rings. The predicted octanol–water partition coefficient (Wildman–Crippen LogP) is 3.87. The van der Waals surface area contributed by atoms with E-state index in [2.05, 4.69) is 15.9 Å². The van der Waals surface area contributed by atoms with Crippen molar-refractivity contribution in [3.8, 4) is 0 Å². The summed E-state index contributed by atoms with van der Waals surface area (Å²) in [5, 5.41) is 0.539. The number of hydrogen-bond acceptors (Lipinski definition) is 3. The second-order valence-corrected chi connectivity index (χ2v) is 7.34. The van der Waals surface area contributed by atoms with Crippen LogP contribution in [0.5, 0.6) is 0 Å². The van der Waals surface area contributed by atoms with Crippen molar-refractivity contribution in [2.45, 2.75) is 4.90 Å². The summed E-state index contributed by atoms with van der Waals surface area (Å²) < 4.78 is 26.6. The first-order chi connectivity index (χ1) is 9.81. The van der Waals surface area contributed by atoms with Crippen molar-refractivity contribution in [3.63, 3.8) is 0 Å². The van der Waals surface area contributed by atoms with E-state index in [-0.39, 0.29) is 15.5 Å². The van der Waals surface area contributed by atoms with Crippen LogP contribution in [0.25, 0.3) is 0 Å². The van der Waals surface area contributed by atoms with Gasteiger partial charge in [-0.2, -0.15) is 0 Å². The lowest BCUT2D eigenvalue weighted by Crippen LogP contribution is -2.30. The topological polar surface area (TPSA) is 63.2 Å². The quantitative estimate of drug-likeness (QED) is 0.838. The molecule has 0 saturated heterocycles. The van der Waals surface area contributed by atoms with Gasteiger partial charge >= 0.3 is 0 Å². The number of hydrogen-bond donors (Lipinski definition) is 1. The van der Waals surface area contributed by atoms with Gasteiger partial charge in [0.05, 0.1) is 15.5 Å². The second kappa shape index (κ2) is 6.36. The maximum Gasteiger partial charge on any atom is 0.266 e. The van der Waals surface area contributed by atoms with Gasteiger partial charge in [-0.3, -0.25) is 4.79 Å². The molecule has 0 aliphatic rings. The molecule has 0 spiro atoms. The molecule has 1 amide bonds. The summed E-state index contributed by atoms with van der Waals surface area (Å²) in [5.41, 5.74) is 0.0589. The highest BCUT2D eigenvalue weighted by atomic mass is 79.9. The van der Waals surface area contributed by atoms with Gasteiger partial charge in [0.1, 0.15) is 0 Å². The Balaban J connectivity index is 2.30. The summed E-state index contributed by atoms with van der Waals surface area (Å²) in [7, 11) is -3.99. The molecule has 110 valence electrons. The van der Waals surface area contributed by atoms with Crippen LogP contribution in [0.4, 0.5) is 0 Å². The van der Waals surface area contributed by atoms with Crippen molar-refractivity contribution >= 4 is 55.1 Å². The smallest absolute Gasteiger partial charge is 0.266 e. The van der Waals surface area contributed by atoms with Crippen LogP contribution in [0.3, 0.4) is 0 Å². The van der Waals surface area contributed by atoms with Crippen LogP contribution in [0.1, 0.15) is 10.4 Å². The van der Waals surface area contributed by atoms with E-state index in [9.17, 15) is 13.2 Å². The van der Waals surface area contributed by atoms with Crippen LogP contribution in [0.15, 0.2) is 51.8 Å². The Kier molecular flexibility index (Phi) is 4.93. The molecule has 0 atom stereocenters. The highest BCUT2D eigenvalue weighted by Gasteiger charge is 2.20. The molecule has 2 rings (SSSR count). The molecule has 0 saturated carbocycles. The molecule has 8 heteroatoms. The van der Waals surface area contributed by atoms with Crippen molar-refractivity contribution in [2.24, 2.45) is 0 Å². The lowest BCUT2D eigenvalue weighted by atomic mass is 10.2. The van der Waals surface area contributed by atoms with Crippen LogP contribution < -0.4 is 4.72 Å². The standard InChI is InChI=1S/C13H8BrCl2NO3S/c14-11-3-1-2-10(12(11)16)13(18)17-21(19,20)9-6-4-8(15)5-7-9/h1-7H,(H,17,18). The van der Waals surface area contributed by atoms with Gasteiger partial charge in [0.25, 0.3) is 15.9 Å². The zero-order valence-electron chi connectivity index (χ0n) is 10.3. The van der Waals surface area contributed by atoms with E-state index in [0.29, 0.717) is 9.50 Å². The molecule has 0 fully saturated rings. The van der Waals surface area contributed by atoms with Gasteiger partial charge in [-0.15, -0.1) is 0 Å². The number of rotatable bonds is 3. The Morgan fingerprint density at radius 2 is 1.67 bits per heavy atom. The number of sulfonamides is 1. The van der Waals surface area contributed by atoms with E-state index >= 15 is 0 Å². The Morgan fingerprint density at radius 3 is 2.29 bits per heavy atom. The normalized spacial score (nSPS) is 11.2. The van der Waals surface area contributed by atoms with Gasteiger partial charge in [-0.1, -0.05) is 29.3 Å². The molecule has 1 N–H and O–H groups in total. The molecule has 2 aromatic carbocycles. The van der Waals surface area contributed by atoms with Crippen molar-refractivity contribution < 1.29 is 13.2 Å². The predicted molar refractivity (Wildman–Crippen MR) is 85.3 cm³/mol. The maximum atomic E-state index is 12.1. The summed E-state index contributed by atoms with van der Waals surface area (Å²) in [6, 6.07) is 10.1. The van der Waals surface area contributed by atoms with Crippen LogP contribution in [-0.4, -0.2) is 14.3 Å². The van der Waals surface area contributed by atoms with E-state index in [1.54, 1.807) is 12.1 Å².